The van der Waals surface area contributed by atoms with Crippen molar-refractivity contribution in [3.63, 3.8) is 0 Å². The lowest BCUT2D eigenvalue weighted by molar-refractivity contribution is -0.121. The van der Waals surface area contributed by atoms with Gasteiger partial charge in [0, 0.05) is 37.0 Å². The van der Waals surface area contributed by atoms with Gasteiger partial charge in [0.2, 0.25) is 10.0 Å². The van der Waals surface area contributed by atoms with Gasteiger partial charge in [-0.2, -0.15) is 17.8 Å². The van der Waals surface area contributed by atoms with E-state index in [1.807, 2.05) is 44.2 Å². The Hall–Kier alpha value is -2.92. The number of sulfonamides is 1. The van der Waals surface area contributed by atoms with Crippen LogP contribution in [-0.4, -0.2) is 88.2 Å². The highest BCUT2D eigenvalue weighted by molar-refractivity contribution is 8.26. The van der Waals surface area contributed by atoms with Gasteiger partial charge in [0.1, 0.15) is 10.0 Å². The third-order valence-corrected chi connectivity index (χ3v) is 10.5. The number of carbonyl (C=O) groups excluding carboxylic acids is 1. The summed E-state index contributed by atoms with van der Waals surface area (Å²) in [5, 5.41) is 4.75. The van der Waals surface area contributed by atoms with Crippen molar-refractivity contribution in [1.29, 1.82) is 0 Å². The number of thioether (sulfide) groups is 1. The third kappa shape index (κ3) is 6.67. The molecule has 0 spiro atoms. The molecule has 2 aliphatic heterocycles. The second-order valence-corrected chi connectivity index (χ2v) is 15.1. The molecule has 0 aliphatic carbocycles. The van der Waals surface area contributed by atoms with Crippen molar-refractivity contribution in [1.82, 2.24) is 19.0 Å². The quantitative estimate of drug-likeness (QED) is 0.220. The number of hydrogen-bond acceptors (Lipinski definition) is 9. The van der Waals surface area contributed by atoms with Gasteiger partial charge in [0.05, 0.1) is 33.4 Å². The lowest BCUT2D eigenvalue weighted by Crippen LogP contribution is -2.48. The van der Waals surface area contributed by atoms with E-state index in [1.54, 1.807) is 35.2 Å². The number of rotatable bonds is 8. The first kappa shape index (κ1) is 30.5. The highest BCUT2D eigenvalue weighted by atomic mass is 32.2. The van der Waals surface area contributed by atoms with Crippen molar-refractivity contribution in [2.24, 2.45) is 0 Å². The average molecular weight is 649 g/mol. The van der Waals surface area contributed by atoms with E-state index in [9.17, 15) is 21.6 Å². The van der Waals surface area contributed by atoms with Crippen LogP contribution in [0, 0.1) is 0 Å². The molecule has 0 radical (unpaired) electrons. The molecule has 2 unspecified atom stereocenters. The van der Waals surface area contributed by atoms with Gasteiger partial charge >= 0.3 is 0 Å². The number of carbonyl (C=O) groups is 1. The molecule has 3 aromatic rings. The smallest absolute Gasteiger partial charge is 0.266 e. The maximum atomic E-state index is 13.6. The molecule has 0 bridgehead atoms. The molecule has 15 heteroatoms. The predicted octanol–water partition coefficient (Wildman–Crippen LogP) is 3.43. The Bertz CT molecular complexity index is 1760. The number of nitrogens with zero attached hydrogens (tertiary/aromatic N) is 4. The number of benzene rings is 2. The van der Waals surface area contributed by atoms with Crippen LogP contribution in [0.5, 0.6) is 0 Å². The second-order valence-electron chi connectivity index (χ2n) is 9.94. The first-order valence-electron chi connectivity index (χ1n) is 12.9. The molecule has 1 amide bonds. The van der Waals surface area contributed by atoms with E-state index in [0.29, 0.717) is 16.8 Å². The van der Waals surface area contributed by atoms with E-state index in [-0.39, 0.29) is 46.0 Å². The highest BCUT2D eigenvalue weighted by Crippen LogP contribution is 2.35. The van der Waals surface area contributed by atoms with Crippen molar-refractivity contribution in [2.75, 3.05) is 25.4 Å². The molecular formula is C27H28N4O7S4. The zero-order valence-electron chi connectivity index (χ0n) is 22.7. The molecule has 5 rings (SSSR count). The first-order chi connectivity index (χ1) is 19.8. The average Bonchev–Trinajstić information content (AvgIpc) is 3.47. The van der Waals surface area contributed by atoms with Crippen LogP contribution in [0.25, 0.3) is 23.0 Å². The van der Waals surface area contributed by atoms with E-state index >= 15 is 0 Å². The summed E-state index contributed by atoms with van der Waals surface area (Å²) in [4.78, 5) is 14.6. The van der Waals surface area contributed by atoms with Gasteiger partial charge in [-0.1, -0.05) is 54.3 Å². The SMILES string of the molecule is CC1CN(S(=O)(=O)c2cccc(-c3nn(-c4ccccc4)cc3C=C3SC(=S)N(CCS(=O)(=O)O)C3=O)c2)CC(C)O1. The number of aromatic nitrogens is 2. The minimum Gasteiger partial charge on any atom is -0.373 e. The summed E-state index contributed by atoms with van der Waals surface area (Å²) in [5.41, 5.74) is 2.23. The molecule has 2 saturated heterocycles. The summed E-state index contributed by atoms with van der Waals surface area (Å²) >= 11 is 6.30. The molecule has 2 aromatic carbocycles. The van der Waals surface area contributed by atoms with Crippen molar-refractivity contribution >= 4 is 60.4 Å². The molecule has 2 fully saturated rings. The van der Waals surface area contributed by atoms with E-state index in [1.165, 1.54) is 10.4 Å². The van der Waals surface area contributed by atoms with Crippen LogP contribution in [0.1, 0.15) is 19.4 Å². The Balaban J connectivity index is 1.54. The van der Waals surface area contributed by atoms with E-state index < -0.39 is 31.8 Å². The second kappa shape index (κ2) is 12.0. The van der Waals surface area contributed by atoms with Gasteiger partial charge in [-0.3, -0.25) is 14.2 Å². The topological polar surface area (TPSA) is 139 Å². The fourth-order valence-corrected chi connectivity index (χ4v) is 8.10. The summed E-state index contributed by atoms with van der Waals surface area (Å²) < 4.78 is 67.7. The number of amides is 1. The van der Waals surface area contributed by atoms with Gasteiger partial charge in [-0.05, 0) is 44.2 Å². The van der Waals surface area contributed by atoms with Crippen LogP contribution in [0.4, 0.5) is 0 Å². The van der Waals surface area contributed by atoms with Crippen LogP contribution in [0.15, 0.2) is 70.6 Å². The van der Waals surface area contributed by atoms with Crippen LogP contribution in [-0.2, 0) is 29.7 Å². The molecule has 222 valence electrons. The summed E-state index contributed by atoms with van der Waals surface area (Å²) in [6.45, 7) is 3.87. The van der Waals surface area contributed by atoms with E-state index in [2.05, 4.69) is 0 Å². The molecule has 11 nitrogen and oxygen atoms in total. The minimum atomic E-state index is -4.29. The molecule has 1 N–H and O–H groups in total. The Morgan fingerprint density at radius 2 is 1.76 bits per heavy atom. The van der Waals surface area contributed by atoms with Crippen molar-refractivity contribution < 1.29 is 30.9 Å². The van der Waals surface area contributed by atoms with Gasteiger partial charge in [-0.15, -0.1) is 0 Å². The Kier molecular flexibility index (Phi) is 8.72. The number of para-hydroxylation sites is 1. The maximum Gasteiger partial charge on any atom is 0.266 e. The van der Waals surface area contributed by atoms with Gasteiger partial charge in [0.15, 0.2) is 0 Å². The third-order valence-electron chi connectivity index (χ3n) is 6.63. The molecule has 3 heterocycles. The summed E-state index contributed by atoms with van der Waals surface area (Å²) in [7, 11) is -8.12. The van der Waals surface area contributed by atoms with Crippen LogP contribution in [0.2, 0.25) is 0 Å². The Morgan fingerprint density at radius 3 is 2.43 bits per heavy atom. The van der Waals surface area contributed by atoms with Crippen molar-refractivity contribution in [3.05, 3.63) is 71.3 Å². The molecular weight excluding hydrogens is 621 g/mol. The normalized spacial score (nSPS) is 21.4. The zero-order chi connectivity index (χ0) is 30.2. The van der Waals surface area contributed by atoms with E-state index in [4.69, 9.17) is 26.6 Å². The molecule has 2 atom stereocenters. The largest absolute Gasteiger partial charge is 0.373 e. The van der Waals surface area contributed by atoms with Crippen LogP contribution >= 0.6 is 24.0 Å². The molecule has 2 aliphatic rings. The molecule has 42 heavy (non-hydrogen) atoms. The number of ether oxygens (including phenoxy) is 1. The summed E-state index contributed by atoms with van der Waals surface area (Å²) in [6, 6.07) is 15.8. The van der Waals surface area contributed by atoms with E-state index in [0.717, 1.165) is 22.3 Å². The number of hydrogen-bond donors (Lipinski definition) is 1. The number of thiocarbonyl (C=S) groups is 1. The maximum absolute atomic E-state index is 13.6. The van der Waals surface area contributed by atoms with Crippen LogP contribution < -0.4 is 0 Å². The lowest BCUT2D eigenvalue weighted by atomic mass is 10.1. The minimum absolute atomic E-state index is 0.109. The van der Waals surface area contributed by atoms with Gasteiger partial charge < -0.3 is 4.74 Å². The van der Waals surface area contributed by atoms with Gasteiger partial charge in [0.25, 0.3) is 16.0 Å². The van der Waals surface area contributed by atoms with Crippen LogP contribution in [0.3, 0.4) is 0 Å². The zero-order valence-corrected chi connectivity index (χ0v) is 25.9. The summed E-state index contributed by atoms with van der Waals surface area (Å²) in [6.07, 6.45) is 2.84. The fourth-order valence-electron chi connectivity index (χ4n) is 4.75. The number of morpholine rings is 1. The van der Waals surface area contributed by atoms with Crippen molar-refractivity contribution in [3.8, 4) is 16.9 Å². The van der Waals surface area contributed by atoms with Gasteiger partial charge in [-0.25, -0.2) is 13.1 Å². The monoisotopic (exact) mass is 648 g/mol. The molecule has 0 saturated carbocycles. The Labute approximate surface area is 253 Å². The van der Waals surface area contributed by atoms with Crippen molar-refractivity contribution in [2.45, 2.75) is 31.0 Å². The predicted molar refractivity (Wildman–Crippen MR) is 164 cm³/mol. The molecule has 1 aromatic heterocycles. The fraction of sp³-hybridized carbons (Fsp3) is 0.296. The Morgan fingerprint density at radius 1 is 1.07 bits per heavy atom. The first-order valence-corrected chi connectivity index (χ1v) is 17.2. The lowest BCUT2D eigenvalue weighted by Gasteiger charge is -2.34. The standard InChI is InChI=1S/C27H28N4O7S4/c1-18-15-29(16-19(2)38-18)42(36,37)23-10-6-7-20(13-23)25-21(17-31(28-25)22-8-4-3-5-9-22)14-24-26(32)30(27(39)40-24)11-12-41(33,34)35/h3-10,13-14,17-19H,11-12,15-16H2,1-2H3,(H,33,34,35). The summed E-state index contributed by atoms with van der Waals surface area (Å²) in [5.74, 6) is -1.15. The highest BCUT2D eigenvalue weighted by Gasteiger charge is 2.34.